The highest BCUT2D eigenvalue weighted by Gasteiger charge is 2.43. The number of rotatable bonds is 5. The standard InChI is InChI=1S/C20H25NO4S/c1-15(2)26(23,24)21-19-14-25-13-12-20(19,22)18-10-8-17(9-11-18)16-6-4-3-5-7-16/h3-11,15,19,21-22H,12-14H2,1-2H3/t19-,20-/m1/s1. The molecule has 2 N–H and O–H groups in total. The lowest BCUT2D eigenvalue weighted by Gasteiger charge is -2.40. The summed E-state index contributed by atoms with van der Waals surface area (Å²) in [6.45, 7) is 3.75. The molecule has 1 saturated heterocycles. The third-order valence-electron chi connectivity index (χ3n) is 4.91. The average molecular weight is 375 g/mol. The number of hydrogen-bond acceptors (Lipinski definition) is 4. The molecule has 3 rings (SSSR count). The largest absolute Gasteiger partial charge is 0.383 e. The number of sulfonamides is 1. The maximum absolute atomic E-state index is 12.3. The number of aliphatic hydroxyl groups is 1. The van der Waals surface area contributed by atoms with Crippen LogP contribution in [0.1, 0.15) is 25.8 Å². The fourth-order valence-corrected chi connectivity index (χ4v) is 4.07. The topological polar surface area (TPSA) is 75.6 Å². The van der Waals surface area contributed by atoms with Crippen molar-refractivity contribution >= 4 is 10.0 Å². The van der Waals surface area contributed by atoms with E-state index in [4.69, 9.17) is 4.74 Å². The van der Waals surface area contributed by atoms with Crippen LogP contribution in [0.3, 0.4) is 0 Å². The Morgan fingerprint density at radius 3 is 2.31 bits per heavy atom. The fraction of sp³-hybridized carbons (Fsp3) is 0.400. The molecule has 0 bridgehead atoms. The molecule has 0 aliphatic carbocycles. The second-order valence-electron chi connectivity index (χ2n) is 6.96. The third kappa shape index (κ3) is 3.83. The van der Waals surface area contributed by atoms with E-state index >= 15 is 0 Å². The lowest BCUT2D eigenvalue weighted by Crippen LogP contribution is -2.57. The van der Waals surface area contributed by atoms with Crippen molar-refractivity contribution in [1.82, 2.24) is 4.72 Å². The second-order valence-corrected chi connectivity index (χ2v) is 9.23. The van der Waals surface area contributed by atoms with Crippen molar-refractivity contribution in [3.63, 3.8) is 0 Å². The zero-order valence-electron chi connectivity index (χ0n) is 15.1. The number of benzene rings is 2. The SMILES string of the molecule is CC(C)S(=O)(=O)N[C@@H]1COCC[C@@]1(O)c1ccc(-c2ccccc2)cc1. The molecule has 2 aromatic carbocycles. The summed E-state index contributed by atoms with van der Waals surface area (Å²) in [5, 5.41) is 10.7. The number of ether oxygens (including phenoxy) is 1. The molecule has 1 fully saturated rings. The minimum Gasteiger partial charge on any atom is -0.383 e. The highest BCUT2D eigenvalue weighted by Crippen LogP contribution is 2.34. The maximum atomic E-state index is 12.3. The molecule has 6 heteroatoms. The van der Waals surface area contributed by atoms with Gasteiger partial charge in [-0.3, -0.25) is 0 Å². The minimum absolute atomic E-state index is 0.142. The average Bonchev–Trinajstić information content (AvgIpc) is 2.64. The van der Waals surface area contributed by atoms with Crippen LogP contribution in [0, 0.1) is 0 Å². The molecular weight excluding hydrogens is 350 g/mol. The molecule has 0 spiro atoms. The minimum atomic E-state index is -3.52. The van der Waals surface area contributed by atoms with E-state index in [0.29, 0.717) is 18.6 Å². The highest BCUT2D eigenvalue weighted by atomic mass is 32.2. The van der Waals surface area contributed by atoms with Crippen LogP contribution < -0.4 is 4.72 Å². The van der Waals surface area contributed by atoms with Crippen LogP contribution in [-0.4, -0.2) is 38.0 Å². The summed E-state index contributed by atoms with van der Waals surface area (Å²) >= 11 is 0. The molecule has 0 saturated carbocycles. The zero-order chi connectivity index (χ0) is 18.8. The van der Waals surface area contributed by atoms with Crippen molar-refractivity contribution in [2.45, 2.75) is 37.2 Å². The molecule has 0 aromatic heterocycles. The first-order valence-electron chi connectivity index (χ1n) is 8.80. The summed E-state index contributed by atoms with van der Waals surface area (Å²) in [5.41, 5.74) is 1.53. The molecule has 0 radical (unpaired) electrons. The Morgan fingerprint density at radius 2 is 1.69 bits per heavy atom. The van der Waals surface area contributed by atoms with Gasteiger partial charge in [0.25, 0.3) is 0 Å². The van der Waals surface area contributed by atoms with E-state index < -0.39 is 26.9 Å². The van der Waals surface area contributed by atoms with Gasteiger partial charge in [0.05, 0.1) is 17.9 Å². The van der Waals surface area contributed by atoms with Gasteiger partial charge in [-0.1, -0.05) is 54.6 Å². The lowest BCUT2D eigenvalue weighted by molar-refractivity contribution is -0.0898. The molecule has 1 heterocycles. The van der Waals surface area contributed by atoms with E-state index in [-0.39, 0.29) is 6.61 Å². The maximum Gasteiger partial charge on any atom is 0.214 e. The van der Waals surface area contributed by atoms with E-state index in [2.05, 4.69) is 4.72 Å². The molecule has 5 nitrogen and oxygen atoms in total. The van der Waals surface area contributed by atoms with Gasteiger partial charge < -0.3 is 9.84 Å². The molecule has 140 valence electrons. The summed E-state index contributed by atoms with van der Waals surface area (Å²) in [6.07, 6.45) is 0.336. The summed E-state index contributed by atoms with van der Waals surface area (Å²) < 4.78 is 32.6. The Labute approximate surface area is 155 Å². The van der Waals surface area contributed by atoms with Gasteiger partial charge in [0.15, 0.2) is 0 Å². The van der Waals surface area contributed by atoms with E-state index in [1.54, 1.807) is 13.8 Å². The van der Waals surface area contributed by atoms with Gasteiger partial charge in [-0.05, 0) is 30.5 Å². The predicted molar refractivity (Wildman–Crippen MR) is 102 cm³/mol. The first-order valence-corrected chi connectivity index (χ1v) is 10.3. The number of hydrogen-bond donors (Lipinski definition) is 2. The van der Waals surface area contributed by atoms with Gasteiger partial charge >= 0.3 is 0 Å². The summed E-state index contributed by atoms with van der Waals surface area (Å²) in [7, 11) is -3.52. The highest BCUT2D eigenvalue weighted by molar-refractivity contribution is 7.90. The lowest BCUT2D eigenvalue weighted by atomic mass is 9.82. The Morgan fingerprint density at radius 1 is 1.08 bits per heavy atom. The first-order chi connectivity index (χ1) is 12.3. The van der Waals surface area contributed by atoms with E-state index in [1.807, 2.05) is 54.6 Å². The van der Waals surface area contributed by atoms with Crippen molar-refractivity contribution in [3.8, 4) is 11.1 Å². The van der Waals surface area contributed by atoms with Crippen LogP contribution in [0.15, 0.2) is 54.6 Å². The van der Waals surface area contributed by atoms with E-state index in [9.17, 15) is 13.5 Å². The van der Waals surface area contributed by atoms with Gasteiger partial charge in [-0.15, -0.1) is 0 Å². The van der Waals surface area contributed by atoms with Gasteiger partial charge in [0.2, 0.25) is 10.0 Å². The molecule has 26 heavy (non-hydrogen) atoms. The second kappa shape index (κ2) is 7.48. The summed E-state index contributed by atoms with van der Waals surface area (Å²) in [5.74, 6) is 0. The summed E-state index contributed by atoms with van der Waals surface area (Å²) in [4.78, 5) is 0. The van der Waals surface area contributed by atoms with Crippen molar-refractivity contribution in [2.75, 3.05) is 13.2 Å². The van der Waals surface area contributed by atoms with Crippen molar-refractivity contribution in [1.29, 1.82) is 0 Å². The van der Waals surface area contributed by atoms with Crippen LogP contribution >= 0.6 is 0 Å². The quantitative estimate of drug-likeness (QED) is 0.842. The van der Waals surface area contributed by atoms with Crippen molar-refractivity contribution in [3.05, 3.63) is 60.2 Å². The molecule has 0 amide bonds. The van der Waals surface area contributed by atoms with Crippen LogP contribution in [0.2, 0.25) is 0 Å². The fourth-order valence-electron chi connectivity index (χ4n) is 3.13. The predicted octanol–water partition coefficient (Wildman–Crippen LogP) is 2.66. The van der Waals surface area contributed by atoms with Crippen molar-refractivity contribution < 1.29 is 18.3 Å². The van der Waals surface area contributed by atoms with Crippen molar-refractivity contribution in [2.24, 2.45) is 0 Å². The van der Waals surface area contributed by atoms with Gasteiger partial charge in [0, 0.05) is 13.0 Å². The van der Waals surface area contributed by atoms with Gasteiger partial charge in [-0.2, -0.15) is 0 Å². The van der Waals surface area contributed by atoms with Crippen LogP contribution in [0.5, 0.6) is 0 Å². The molecule has 2 atom stereocenters. The first kappa shape index (κ1) is 19.0. The van der Waals surface area contributed by atoms with Crippen LogP contribution in [0.4, 0.5) is 0 Å². The van der Waals surface area contributed by atoms with E-state index in [1.165, 1.54) is 0 Å². The smallest absolute Gasteiger partial charge is 0.214 e. The number of nitrogens with one attached hydrogen (secondary N) is 1. The Kier molecular flexibility index (Phi) is 5.48. The summed E-state index contributed by atoms with van der Waals surface area (Å²) in [6, 6.07) is 16.9. The molecule has 0 unspecified atom stereocenters. The third-order valence-corrected chi connectivity index (χ3v) is 6.76. The zero-order valence-corrected chi connectivity index (χ0v) is 15.9. The molecule has 2 aromatic rings. The molecule has 1 aliphatic rings. The Bertz CT molecular complexity index is 834. The Balaban J connectivity index is 1.89. The van der Waals surface area contributed by atoms with Crippen LogP contribution in [0.25, 0.3) is 11.1 Å². The van der Waals surface area contributed by atoms with Gasteiger partial charge in [-0.25, -0.2) is 13.1 Å². The van der Waals surface area contributed by atoms with E-state index in [0.717, 1.165) is 11.1 Å². The Hall–Kier alpha value is -1.73. The van der Waals surface area contributed by atoms with Gasteiger partial charge in [0.1, 0.15) is 5.60 Å². The molecule has 1 aliphatic heterocycles. The van der Waals surface area contributed by atoms with Crippen LogP contribution in [-0.2, 0) is 20.4 Å². The molecular formula is C20H25NO4S. The normalized spacial score (nSPS) is 23.9. The monoisotopic (exact) mass is 375 g/mol.